The Hall–Kier alpha value is -2.55. The van der Waals surface area contributed by atoms with Crippen molar-refractivity contribution in [2.45, 2.75) is 6.42 Å². The quantitative estimate of drug-likeness (QED) is 0.671. The molecule has 0 saturated carbocycles. The van der Waals surface area contributed by atoms with Gasteiger partial charge < -0.3 is 9.84 Å². The van der Waals surface area contributed by atoms with E-state index in [4.69, 9.17) is 4.74 Å². The Bertz CT molecular complexity index is 559. The number of aliphatic hydroxyl groups excluding tert-OH is 1. The standard InChI is InChI=1S/C16H14O3/c17-15(11-13-7-3-1-4-8-13)12-19-16(18)14-9-5-2-6-10-14/h1-10,12,17H,11H2. The number of benzene rings is 2. The molecule has 0 radical (unpaired) electrons. The second-order valence-electron chi connectivity index (χ2n) is 4.04. The van der Waals surface area contributed by atoms with Crippen LogP contribution in [-0.4, -0.2) is 11.1 Å². The largest absolute Gasteiger partial charge is 0.509 e. The van der Waals surface area contributed by atoms with Crippen LogP contribution < -0.4 is 0 Å². The molecule has 0 aliphatic carbocycles. The van der Waals surface area contributed by atoms with E-state index in [2.05, 4.69) is 0 Å². The number of carbonyl (C=O) groups is 1. The zero-order valence-corrected chi connectivity index (χ0v) is 10.3. The maximum atomic E-state index is 11.6. The van der Waals surface area contributed by atoms with E-state index in [1.54, 1.807) is 24.3 Å². The van der Waals surface area contributed by atoms with Gasteiger partial charge in [-0.05, 0) is 17.7 Å². The first-order valence-electron chi connectivity index (χ1n) is 5.93. The average Bonchev–Trinajstić information content (AvgIpc) is 2.47. The van der Waals surface area contributed by atoms with Gasteiger partial charge in [-0.2, -0.15) is 0 Å². The number of esters is 1. The predicted molar refractivity (Wildman–Crippen MR) is 72.7 cm³/mol. The molecule has 3 nitrogen and oxygen atoms in total. The molecule has 2 aromatic rings. The van der Waals surface area contributed by atoms with E-state index in [0.29, 0.717) is 12.0 Å². The van der Waals surface area contributed by atoms with Crippen molar-refractivity contribution in [3.8, 4) is 0 Å². The van der Waals surface area contributed by atoms with E-state index in [0.717, 1.165) is 11.8 Å². The highest BCUT2D eigenvalue weighted by atomic mass is 16.5. The first kappa shape index (κ1) is 12.9. The topological polar surface area (TPSA) is 46.5 Å². The SMILES string of the molecule is O=C(OC=C(O)Cc1ccccc1)c1ccccc1. The molecule has 1 N–H and O–H groups in total. The average molecular weight is 254 g/mol. The maximum absolute atomic E-state index is 11.6. The van der Waals surface area contributed by atoms with Crippen LogP contribution in [0.3, 0.4) is 0 Å². The molecule has 0 unspecified atom stereocenters. The van der Waals surface area contributed by atoms with Crippen LogP contribution in [0, 0.1) is 0 Å². The molecule has 96 valence electrons. The summed E-state index contributed by atoms with van der Waals surface area (Å²) < 4.78 is 4.91. The second kappa shape index (κ2) is 6.40. The minimum Gasteiger partial charge on any atom is -0.509 e. The molecule has 3 heteroatoms. The van der Waals surface area contributed by atoms with E-state index in [-0.39, 0.29) is 5.76 Å². The lowest BCUT2D eigenvalue weighted by molar-refractivity contribution is 0.0650. The van der Waals surface area contributed by atoms with Crippen LogP contribution in [0.15, 0.2) is 72.7 Å². The van der Waals surface area contributed by atoms with Crippen molar-refractivity contribution < 1.29 is 14.6 Å². The normalized spacial score (nSPS) is 11.1. The van der Waals surface area contributed by atoms with Crippen molar-refractivity contribution in [1.29, 1.82) is 0 Å². The smallest absolute Gasteiger partial charge is 0.343 e. The molecule has 0 spiro atoms. The van der Waals surface area contributed by atoms with Crippen molar-refractivity contribution in [1.82, 2.24) is 0 Å². The minimum absolute atomic E-state index is 0.00970. The van der Waals surface area contributed by atoms with Gasteiger partial charge in [0, 0.05) is 6.42 Å². The molecule has 19 heavy (non-hydrogen) atoms. The highest BCUT2D eigenvalue weighted by Gasteiger charge is 2.05. The molecule has 0 fully saturated rings. The van der Waals surface area contributed by atoms with Crippen molar-refractivity contribution in [2.75, 3.05) is 0 Å². The Balaban J connectivity index is 1.93. The third kappa shape index (κ3) is 4.00. The number of ether oxygens (including phenoxy) is 1. The van der Waals surface area contributed by atoms with Gasteiger partial charge in [-0.25, -0.2) is 4.79 Å². The third-order valence-corrected chi connectivity index (χ3v) is 2.54. The summed E-state index contributed by atoms with van der Waals surface area (Å²) in [5.41, 5.74) is 1.40. The van der Waals surface area contributed by atoms with Gasteiger partial charge in [-0.1, -0.05) is 48.5 Å². The minimum atomic E-state index is -0.486. The van der Waals surface area contributed by atoms with Gasteiger partial charge in [0.1, 0.15) is 12.0 Å². The van der Waals surface area contributed by atoms with Gasteiger partial charge in [-0.3, -0.25) is 0 Å². The third-order valence-electron chi connectivity index (χ3n) is 2.54. The fourth-order valence-corrected chi connectivity index (χ4v) is 1.61. The summed E-state index contributed by atoms with van der Waals surface area (Å²) in [6, 6.07) is 18.1. The fourth-order valence-electron chi connectivity index (χ4n) is 1.61. The van der Waals surface area contributed by atoms with Crippen LogP contribution in [0.1, 0.15) is 15.9 Å². The molecule has 0 saturated heterocycles. The van der Waals surface area contributed by atoms with Gasteiger partial charge in [0.05, 0.1) is 5.56 Å². The van der Waals surface area contributed by atoms with E-state index in [9.17, 15) is 9.90 Å². The molecule has 0 atom stereocenters. The molecule has 0 heterocycles. The number of hydrogen-bond donors (Lipinski definition) is 1. The molecular weight excluding hydrogens is 240 g/mol. The molecule has 0 aliphatic heterocycles. The van der Waals surface area contributed by atoms with Crippen LogP contribution in [-0.2, 0) is 11.2 Å². The Morgan fingerprint density at radius 3 is 2.21 bits per heavy atom. The van der Waals surface area contributed by atoms with Crippen LogP contribution in [0.25, 0.3) is 0 Å². The van der Waals surface area contributed by atoms with Gasteiger partial charge in [0.15, 0.2) is 0 Å². The first-order chi connectivity index (χ1) is 9.25. The summed E-state index contributed by atoms with van der Waals surface area (Å²) >= 11 is 0. The lowest BCUT2D eigenvalue weighted by Crippen LogP contribution is -2.01. The second-order valence-corrected chi connectivity index (χ2v) is 4.04. The Morgan fingerprint density at radius 1 is 1.00 bits per heavy atom. The Labute approximate surface area is 111 Å². The van der Waals surface area contributed by atoms with Gasteiger partial charge >= 0.3 is 5.97 Å². The van der Waals surface area contributed by atoms with E-state index in [1.807, 2.05) is 36.4 Å². The fraction of sp³-hybridized carbons (Fsp3) is 0.0625. The molecule has 0 aliphatic rings. The summed E-state index contributed by atoms with van der Waals surface area (Å²) in [4.78, 5) is 11.6. The summed E-state index contributed by atoms with van der Waals surface area (Å²) in [6.45, 7) is 0. The van der Waals surface area contributed by atoms with E-state index < -0.39 is 5.97 Å². The molecule has 0 bridgehead atoms. The van der Waals surface area contributed by atoms with E-state index >= 15 is 0 Å². The number of rotatable bonds is 4. The number of allylic oxidation sites excluding steroid dienone is 1. The van der Waals surface area contributed by atoms with Gasteiger partial charge in [-0.15, -0.1) is 0 Å². The lowest BCUT2D eigenvalue weighted by Gasteiger charge is -2.02. The number of hydrogen-bond acceptors (Lipinski definition) is 3. The molecule has 0 aromatic heterocycles. The first-order valence-corrected chi connectivity index (χ1v) is 5.93. The van der Waals surface area contributed by atoms with Crippen LogP contribution >= 0.6 is 0 Å². The Morgan fingerprint density at radius 2 is 1.58 bits per heavy atom. The van der Waals surface area contributed by atoms with Gasteiger partial charge in [0.2, 0.25) is 0 Å². The summed E-state index contributed by atoms with van der Waals surface area (Å²) in [5.74, 6) is -0.476. The van der Waals surface area contributed by atoms with Crippen molar-refractivity contribution in [3.63, 3.8) is 0 Å². The van der Waals surface area contributed by atoms with Crippen LogP contribution in [0.4, 0.5) is 0 Å². The molecule has 2 rings (SSSR count). The van der Waals surface area contributed by atoms with Gasteiger partial charge in [0.25, 0.3) is 0 Å². The number of aliphatic hydroxyl groups is 1. The molecule has 2 aromatic carbocycles. The predicted octanol–water partition coefficient (Wildman–Crippen LogP) is 3.49. The summed E-state index contributed by atoms with van der Waals surface area (Å²) in [6.07, 6.45) is 1.42. The Kier molecular flexibility index (Phi) is 4.34. The zero-order chi connectivity index (χ0) is 13.5. The number of carbonyl (C=O) groups excluding carboxylic acids is 1. The lowest BCUT2D eigenvalue weighted by atomic mass is 10.1. The van der Waals surface area contributed by atoms with Crippen molar-refractivity contribution >= 4 is 5.97 Å². The van der Waals surface area contributed by atoms with Crippen molar-refractivity contribution in [3.05, 3.63) is 83.8 Å². The summed E-state index contributed by atoms with van der Waals surface area (Å²) in [5, 5.41) is 9.68. The molecular formula is C16H14O3. The summed E-state index contributed by atoms with van der Waals surface area (Å²) in [7, 11) is 0. The highest BCUT2D eigenvalue weighted by molar-refractivity contribution is 5.89. The van der Waals surface area contributed by atoms with Crippen LogP contribution in [0.5, 0.6) is 0 Å². The van der Waals surface area contributed by atoms with E-state index in [1.165, 1.54) is 0 Å². The maximum Gasteiger partial charge on any atom is 0.343 e. The van der Waals surface area contributed by atoms with Crippen LogP contribution in [0.2, 0.25) is 0 Å². The highest BCUT2D eigenvalue weighted by Crippen LogP contribution is 2.07. The zero-order valence-electron chi connectivity index (χ0n) is 10.3. The monoisotopic (exact) mass is 254 g/mol. The molecule has 0 amide bonds. The van der Waals surface area contributed by atoms with Crippen molar-refractivity contribution in [2.24, 2.45) is 0 Å².